The van der Waals surface area contributed by atoms with E-state index < -0.39 is 0 Å². The number of methoxy groups -OCH3 is 1. The summed E-state index contributed by atoms with van der Waals surface area (Å²) in [5.41, 5.74) is 1.96. The van der Waals surface area contributed by atoms with Crippen molar-refractivity contribution in [2.24, 2.45) is 0 Å². The number of aromatic nitrogens is 3. The van der Waals surface area contributed by atoms with Gasteiger partial charge in [-0.25, -0.2) is 9.07 Å². The highest BCUT2D eigenvalue weighted by Gasteiger charge is 2.17. The maximum absolute atomic E-state index is 14.0. The molecule has 20 heavy (non-hydrogen) atoms. The monoisotopic (exact) mass is 278 g/mol. The summed E-state index contributed by atoms with van der Waals surface area (Å²) in [7, 11) is 1.55. The second kappa shape index (κ2) is 6.00. The first-order chi connectivity index (χ1) is 9.58. The van der Waals surface area contributed by atoms with E-state index in [0.29, 0.717) is 11.4 Å². The van der Waals surface area contributed by atoms with Crippen molar-refractivity contribution in [2.45, 2.75) is 26.8 Å². The molecular weight excluding hydrogens is 259 g/mol. The number of ether oxygens (including phenoxy) is 1. The number of hydrogen-bond acceptors (Lipinski definition) is 4. The molecule has 0 aliphatic heterocycles. The van der Waals surface area contributed by atoms with Gasteiger partial charge in [0.15, 0.2) is 0 Å². The van der Waals surface area contributed by atoms with E-state index in [-0.39, 0.29) is 11.9 Å². The maximum Gasteiger partial charge on any atom is 0.149 e. The Kier molecular flexibility index (Phi) is 4.34. The van der Waals surface area contributed by atoms with Crippen LogP contribution in [0.15, 0.2) is 18.2 Å². The number of rotatable bonds is 5. The van der Waals surface area contributed by atoms with E-state index in [1.807, 2.05) is 20.8 Å². The van der Waals surface area contributed by atoms with Crippen molar-refractivity contribution in [1.29, 1.82) is 0 Å². The molecule has 1 atom stereocenters. The van der Waals surface area contributed by atoms with Crippen molar-refractivity contribution in [1.82, 2.24) is 20.3 Å². The molecule has 1 heterocycles. The maximum atomic E-state index is 14.0. The van der Waals surface area contributed by atoms with Gasteiger partial charge in [0.2, 0.25) is 0 Å². The quantitative estimate of drug-likeness (QED) is 0.912. The molecule has 0 spiro atoms. The molecule has 1 aromatic heterocycles. The van der Waals surface area contributed by atoms with Gasteiger partial charge >= 0.3 is 0 Å². The van der Waals surface area contributed by atoms with Gasteiger partial charge in [-0.2, -0.15) is 0 Å². The van der Waals surface area contributed by atoms with Crippen LogP contribution >= 0.6 is 0 Å². The van der Waals surface area contributed by atoms with Gasteiger partial charge < -0.3 is 10.1 Å². The Morgan fingerprint density at radius 2 is 2.20 bits per heavy atom. The summed E-state index contributed by atoms with van der Waals surface area (Å²) in [6.45, 7) is 6.74. The van der Waals surface area contributed by atoms with Crippen LogP contribution in [-0.4, -0.2) is 28.6 Å². The molecule has 5 nitrogen and oxygen atoms in total. The predicted molar refractivity (Wildman–Crippen MR) is 74.7 cm³/mol. The lowest BCUT2D eigenvalue weighted by atomic mass is 10.2. The fraction of sp³-hybridized carbons (Fsp3) is 0.429. The van der Waals surface area contributed by atoms with Gasteiger partial charge in [0.05, 0.1) is 18.8 Å². The Morgan fingerprint density at radius 1 is 1.45 bits per heavy atom. The van der Waals surface area contributed by atoms with E-state index in [2.05, 4.69) is 15.6 Å². The molecule has 0 aliphatic carbocycles. The molecule has 0 radical (unpaired) electrons. The third-order valence-electron chi connectivity index (χ3n) is 3.23. The van der Waals surface area contributed by atoms with Crippen LogP contribution in [0.1, 0.15) is 31.3 Å². The van der Waals surface area contributed by atoms with Gasteiger partial charge in [0.1, 0.15) is 22.9 Å². The minimum absolute atomic E-state index is 0.0717. The van der Waals surface area contributed by atoms with Crippen molar-refractivity contribution in [3.05, 3.63) is 35.4 Å². The van der Waals surface area contributed by atoms with Gasteiger partial charge in [0.25, 0.3) is 0 Å². The van der Waals surface area contributed by atoms with Gasteiger partial charge in [-0.15, -0.1) is 5.10 Å². The smallest absolute Gasteiger partial charge is 0.149 e. The molecule has 1 unspecified atom stereocenters. The minimum Gasteiger partial charge on any atom is -0.497 e. The first-order valence-electron chi connectivity index (χ1n) is 6.58. The van der Waals surface area contributed by atoms with Crippen LogP contribution in [0.5, 0.6) is 5.75 Å². The van der Waals surface area contributed by atoms with Gasteiger partial charge in [-0.3, -0.25) is 0 Å². The zero-order chi connectivity index (χ0) is 14.7. The van der Waals surface area contributed by atoms with Crippen LogP contribution in [-0.2, 0) is 0 Å². The molecule has 1 N–H and O–H groups in total. The third-order valence-corrected chi connectivity index (χ3v) is 3.23. The highest BCUT2D eigenvalue weighted by atomic mass is 19.1. The largest absolute Gasteiger partial charge is 0.497 e. The number of nitrogens with zero attached hydrogens (tertiary/aromatic N) is 3. The molecule has 0 fully saturated rings. The lowest BCUT2D eigenvalue weighted by molar-refractivity contribution is 0.413. The average Bonchev–Trinajstić information content (AvgIpc) is 2.81. The molecule has 0 saturated carbocycles. The predicted octanol–water partition coefficient (Wildman–Crippen LogP) is 2.39. The molecule has 108 valence electrons. The summed E-state index contributed by atoms with van der Waals surface area (Å²) in [4.78, 5) is 0. The molecule has 0 saturated heterocycles. The van der Waals surface area contributed by atoms with E-state index in [0.717, 1.165) is 17.9 Å². The first kappa shape index (κ1) is 14.5. The molecule has 1 aromatic carbocycles. The summed E-state index contributed by atoms with van der Waals surface area (Å²) < 4.78 is 20.6. The number of halogens is 1. The average molecular weight is 278 g/mol. The fourth-order valence-electron chi connectivity index (χ4n) is 2.15. The highest BCUT2D eigenvalue weighted by molar-refractivity contribution is 5.41. The van der Waals surface area contributed by atoms with Crippen molar-refractivity contribution < 1.29 is 9.13 Å². The Morgan fingerprint density at radius 3 is 2.85 bits per heavy atom. The van der Waals surface area contributed by atoms with Crippen molar-refractivity contribution in [3.63, 3.8) is 0 Å². The van der Waals surface area contributed by atoms with Crippen LogP contribution in [0, 0.1) is 12.7 Å². The molecule has 6 heteroatoms. The summed E-state index contributed by atoms with van der Waals surface area (Å²) in [6.07, 6.45) is 0. The second-order valence-corrected chi connectivity index (χ2v) is 4.57. The molecule has 0 aliphatic rings. The summed E-state index contributed by atoms with van der Waals surface area (Å²) in [5.74, 6) is 0.221. The lowest BCUT2D eigenvalue weighted by Crippen LogP contribution is -2.19. The summed E-state index contributed by atoms with van der Waals surface area (Å²) in [6, 6.07) is 4.62. The number of benzene rings is 1. The van der Waals surface area contributed by atoms with E-state index in [4.69, 9.17) is 4.74 Å². The van der Waals surface area contributed by atoms with E-state index in [1.54, 1.807) is 19.2 Å². The second-order valence-electron chi connectivity index (χ2n) is 4.57. The van der Waals surface area contributed by atoms with Gasteiger partial charge in [-0.05, 0) is 32.5 Å². The summed E-state index contributed by atoms with van der Waals surface area (Å²) in [5, 5.41) is 11.5. The van der Waals surface area contributed by atoms with Gasteiger partial charge in [0, 0.05) is 6.07 Å². The topological polar surface area (TPSA) is 52.0 Å². The minimum atomic E-state index is -0.360. The van der Waals surface area contributed by atoms with E-state index in [9.17, 15) is 4.39 Å². The van der Waals surface area contributed by atoms with Gasteiger partial charge in [-0.1, -0.05) is 12.1 Å². The van der Waals surface area contributed by atoms with Crippen LogP contribution in [0.4, 0.5) is 4.39 Å². The van der Waals surface area contributed by atoms with Crippen LogP contribution in [0.25, 0.3) is 5.69 Å². The molecule has 0 bridgehead atoms. The van der Waals surface area contributed by atoms with E-state index in [1.165, 1.54) is 10.7 Å². The lowest BCUT2D eigenvalue weighted by Gasteiger charge is -2.11. The van der Waals surface area contributed by atoms with E-state index >= 15 is 0 Å². The Labute approximate surface area is 117 Å². The Hall–Kier alpha value is -1.95. The van der Waals surface area contributed by atoms with Crippen LogP contribution in [0.3, 0.4) is 0 Å². The SMILES string of the molecule is CCNC(C)c1nnn(-c2cc(OC)ccc2F)c1C. The molecule has 0 amide bonds. The normalized spacial score (nSPS) is 12.4. The molecular formula is C14H19FN4O. The fourth-order valence-corrected chi connectivity index (χ4v) is 2.15. The van der Waals surface area contributed by atoms with Crippen LogP contribution in [0.2, 0.25) is 0 Å². The zero-order valence-electron chi connectivity index (χ0n) is 12.1. The summed E-state index contributed by atoms with van der Waals surface area (Å²) >= 11 is 0. The van der Waals surface area contributed by atoms with Crippen LogP contribution < -0.4 is 10.1 Å². The highest BCUT2D eigenvalue weighted by Crippen LogP contribution is 2.23. The molecule has 2 rings (SSSR count). The third kappa shape index (κ3) is 2.65. The zero-order valence-corrected chi connectivity index (χ0v) is 12.1. The number of hydrogen-bond donors (Lipinski definition) is 1. The number of nitrogens with one attached hydrogen (secondary N) is 1. The standard InChI is InChI=1S/C14H19FN4O/c1-5-16-9(2)14-10(3)19(18-17-14)13-8-11(20-4)6-7-12(13)15/h6-9,16H,5H2,1-4H3. The first-order valence-corrected chi connectivity index (χ1v) is 6.58. The van der Waals surface area contributed by atoms with Crippen molar-refractivity contribution in [2.75, 3.05) is 13.7 Å². The molecule has 2 aromatic rings. The Balaban J connectivity index is 2.44. The van der Waals surface area contributed by atoms with Crippen molar-refractivity contribution >= 4 is 0 Å². The Bertz CT molecular complexity index is 597. The van der Waals surface area contributed by atoms with Crippen molar-refractivity contribution in [3.8, 4) is 11.4 Å².